The number of carbonyl (C=O) groups excluding carboxylic acids is 2. The maximum atomic E-state index is 13.8. The van der Waals surface area contributed by atoms with E-state index in [0.717, 1.165) is 51.1 Å². The van der Waals surface area contributed by atoms with Gasteiger partial charge < -0.3 is 20.5 Å². The molecule has 2 heterocycles. The topological polar surface area (TPSA) is 77.2 Å². The number of amides is 1. The summed E-state index contributed by atoms with van der Waals surface area (Å²) in [5, 5.41) is 7.47. The van der Waals surface area contributed by atoms with Crippen LogP contribution in [0.3, 0.4) is 0 Å². The van der Waals surface area contributed by atoms with Gasteiger partial charge in [0.25, 0.3) is 0 Å². The number of rotatable bonds is 6. The number of aromatic amines is 1. The van der Waals surface area contributed by atoms with Crippen molar-refractivity contribution in [2.24, 2.45) is 5.41 Å². The third-order valence-corrected chi connectivity index (χ3v) is 7.88. The third-order valence-electron chi connectivity index (χ3n) is 7.88. The summed E-state index contributed by atoms with van der Waals surface area (Å²) in [6.07, 6.45) is 3.64. The largest absolute Gasteiger partial charge is 0.361 e. The smallest absolute Gasteiger partial charge is 0.239 e. The molecule has 0 saturated heterocycles. The lowest BCUT2D eigenvalue weighted by Gasteiger charge is -2.37. The number of para-hydroxylation sites is 2. The summed E-state index contributed by atoms with van der Waals surface area (Å²) < 4.78 is 13.8. The second-order valence-corrected chi connectivity index (χ2v) is 11.5. The molecule has 1 unspecified atom stereocenters. The Morgan fingerprint density at radius 3 is 2.65 bits per heavy atom. The fourth-order valence-corrected chi connectivity index (χ4v) is 6.11. The van der Waals surface area contributed by atoms with E-state index in [9.17, 15) is 14.0 Å². The van der Waals surface area contributed by atoms with Crippen molar-refractivity contribution in [2.75, 3.05) is 23.3 Å². The Hall–Kier alpha value is -4.39. The summed E-state index contributed by atoms with van der Waals surface area (Å²) in [6, 6.07) is 22.1. The molecule has 0 fully saturated rings. The molecule has 3 aromatic carbocycles. The summed E-state index contributed by atoms with van der Waals surface area (Å²) in [5.74, 6) is -0.320. The molecule has 1 atom stereocenters. The molecule has 1 aliphatic heterocycles. The van der Waals surface area contributed by atoms with Gasteiger partial charge in [-0.3, -0.25) is 9.59 Å². The lowest BCUT2D eigenvalue weighted by Crippen LogP contribution is -2.42. The highest BCUT2D eigenvalue weighted by molar-refractivity contribution is 6.02. The second kappa shape index (κ2) is 10.3. The van der Waals surface area contributed by atoms with Crippen LogP contribution in [0.25, 0.3) is 10.9 Å². The molecule has 6 rings (SSSR count). The van der Waals surface area contributed by atoms with Gasteiger partial charge in [-0.05, 0) is 59.7 Å². The number of anilines is 2. The molecular weight excluding hydrogens is 503 g/mol. The number of carbonyl (C=O) groups is 2. The van der Waals surface area contributed by atoms with Crippen LogP contribution in [-0.2, 0) is 16.0 Å². The van der Waals surface area contributed by atoms with Crippen LogP contribution in [0, 0.1) is 11.2 Å². The molecule has 0 bridgehead atoms. The summed E-state index contributed by atoms with van der Waals surface area (Å²) in [7, 11) is 0. The second-order valence-electron chi connectivity index (χ2n) is 11.5. The third kappa shape index (κ3) is 4.99. The van der Waals surface area contributed by atoms with Gasteiger partial charge in [0.05, 0.1) is 24.0 Å². The molecular formula is C33H33FN4O2. The van der Waals surface area contributed by atoms with Crippen molar-refractivity contribution >= 4 is 34.0 Å². The summed E-state index contributed by atoms with van der Waals surface area (Å²) in [6.45, 7) is 4.73. The number of H-pyrrole nitrogens is 1. The molecule has 40 heavy (non-hydrogen) atoms. The minimum absolute atomic E-state index is 0.0776. The van der Waals surface area contributed by atoms with Crippen LogP contribution in [0.15, 0.2) is 90.3 Å². The number of allylic oxidation sites excluding steroid dienone is 1. The minimum Gasteiger partial charge on any atom is -0.361 e. The molecule has 0 saturated carbocycles. The summed E-state index contributed by atoms with van der Waals surface area (Å²) in [4.78, 5) is 32.4. The van der Waals surface area contributed by atoms with Crippen LogP contribution in [0.4, 0.5) is 15.8 Å². The van der Waals surface area contributed by atoms with Crippen molar-refractivity contribution < 1.29 is 14.0 Å². The molecule has 1 aromatic heterocycles. The number of aromatic nitrogens is 1. The van der Waals surface area contributed by atoms with Gasteiger partial charge in [0.2, 0.25) is 5.91 Å². The maximum absolute atomic E-state index is 13.8. The number of hydrogen-bond donors (Lipinski definition) is 3. The van der Waals surface area contributed by atoms with E-state index in [4.69, 9.17) is 0 Å². The average Bonchev–Trinajstić information content (AvgIpc) is 3.25. The van der Waals surface area contributed by atoms with E-state index in [1.165, 1.54) is 12.1 Å². The van der Waals surface area contributed by atoms with Crippen molar-refractivity contribution in [3.63, 3.8) is 0 Å². The Bertz CT molecular complexity index is 1620. The Kier molecular flexibility index (Phi) is 6.66. The van der Waals surface area contributed by atoms with E-state index in [-0.39, 0.29) is 29.5 Å². The van der Waals surface area contributed by atoms with E-state index in [1.807, 2.05) is 65.7 Å². The highest BCUT2D eigenvalue weighted by Crippen LogP contribution is 2.48. The van der Waals surface area contributed by atoms with Crippen LogP contribution >= 0.6 is 0 Å². The van der Waals surface area contributed by atoms with Gasteiger partial charge in [-0.1, -0.05) is 56.3 Å². The van der Waals surface area contributed by atoms with E-state index in [2.05, 4.69) is 29.5 Å². The number of nitrogens with one attached hydrogen (secondary N) is 3. The van der Waals surface area contributed by atoms with Crippen molar-refractivity contribution in [2.45, 2.75) is 39.2 Å². The monoisotopic (exact) mass is 536 g/mol. The number of ketones is 1. The molecule has 1 aliphatic carbocycles. The molecule has 204 valence electrons. The maximum Gasteiger partial charge on any atom is 0.239 e. The molecule has 0 radical (unpaired) electrons. The first kappa shape index (κ1) is 25.9. The first-order chi connectivity index (χ1) is 19.3. The van der Waals surface area contributed by atoms with E-state index in [1.54, 1.807) is 6.07 Å². The van der Waals surface area contributed by atoms with Crippen molar-refractivity contribution in [3.05, 3.63) is 107 Å². The lowest BCUT2D eigenvalue weighted by atomic mass is 9.73. The molecule has 1 amide bonds. The number of benzene rings is 3. The van der Waals surface area contributed by atoms with Gasteiger partial charge in [0, 0.05) is 41.3 Å². The zero-order valence-corrected chi connectivity index (χ0v) is 22.8. The average molecular weight is 537 g/mol. The number of hydrogen-bond acceptors (Lipinski definition) is 4. The predicted molar refractivity (Wildman–Crippen MR) is 157 cm³/mol. The van der Waals surface area contributed by atoms with Crippen LogP contribution in [0.2, 0.25) is 0 Å². The molecule has 4 aromatic rings. The van der Waals surface area contributed by atoms with Crippen molar-refractivity contribution in [1.82, 2.24) is 10.3 Å². The Morgan fingerprint density at radius 1 is 1.05 bits per heavy atom. The zero-order chi connectivity index (χ0) is 27.9. The van der Waals surface area contributed by atoms with E-state index >= 15 is 0 Å². The van der Waals surface area contributed by atoms with Gasteiger partial charge in [-0.15, -0.1) is 0 Å². The fourth-order valence-electron chi connectivity index (χ4n) is 6.11. The highest BCUT2D eigenvalue weighted by Gasteiger charge is 2.41. The van der Waals surface area contributed by atoms with Gasteiger partial charge in [0.1, 0.15) is 5.82 Å². The minimum atomic E-state index is -0.404. The van der Waals surface area contributed by atoms with Crippen LogP contribution in [0.5, 0.6) is 0 Å². The van der Waals surface area contributed by atoms with Gasteiger partial charge in [-0.2, -0.15) is 0 Å². The van der Waals surface area contributed by atoms with E-state index < -0.39 is 6.04 Å². The Labute approximate surface area is 233 Å². The number of fused-ring (bicyclic) bond motifs is 2. The molecule has 6 nitrogen and oxygen atoms in total. The molecule has 3 N–H and O–H groups in total. The standard InChI is InChI=1S/C33H33FN4O2/c1-33(2)17-27-31(29(39)18-33)32(21-8-4-3-5-9-21)38(28-11-7-6-10-26(28)37-27)20-30(40)35-15-14-22-19-36-25-13-12-23(34)16-24(22)25/h3-13,16,19,32,36-37H,14-15,17-18,20H2,1-2H3,(H,35,40). The summed E-state index contributed by atoms with van der Waals surface area (Å²) in [5.41, 5.74) is 6.04. The molecule has 7 heteroatoms. The normalized spacial score (nSPS) is 18.1. The van der Waals surface area contributed by atoms with Gasteiger partial charge in [-0.25, -0.2) is 4.39 Å². The van der Waals surface area contributed by atoms with E-state index in [0.29, 0.717) is 19.4 Å². The first-order valence-corrected chi connectivity index (χ1v) is 13.8. The summed E-state index contributed by atoms with van der Waals surface area (Å²) >= 11 is 0. The SMILES string of the molecule is CC1(C)CC(=O)C2=C(C1)Nc1ccccc1N(CC(=O)NCCc1c[nH]c3ccc(F)cc13)C2c1ccccc1. The molecule has 2 aliphatic rings. The van der Waals surface area contributed by atoms with Gasteiger partial charge in [0.15, 0.2) is 5.78 Å². The Morgan fingerprint density at radius 2 is 1.82 bits per heavy atom. The van der Waals surface area contributed by atoms with Crippen molar-refractivity contribution in [1.29, 1.82) is 0 Å². The van der Waals surface area contributed by atoms with Crippen molar-refractivity contribution in [3.8, 4) is 0 Å². The number of halogens is 1. The quantitative estimate of drug-likeness (QED) is 0.271. The highest BCUT2D eigenvalue weighted by atomic mass is 19.1. The fraction of sp³-hybridized carbons (Fsp3) is 0.273. The lowest BCUT2D eigenvalue weighted by molar-refractivity contribution is -0.120. The number of Topliss-reactive ketones (excluding diaryl/α,β-unsaturated/α-hetero) is 1. The van der Waals surface area contributed by atoms with Crippen LogP contribution in [0.1, 0.15) is 43.9 Å². The van der Waals surface area contributed by atoms with Gasteiger partial charge >= 0.3 is 0 Å². The predicted octanol–water partition coefficient (Wildman–Crippen LogP) is 6.28. The van der Waals surface area contributed by atoms with Crippen LogP contribution < -0.4 is 15.5 Å². The first-order valence-electron chi connectivity index (χ1n) is 13.8. The van der Waals surface area contributed by atoms with Crippen LogP contribution in [-0.4, -0.2) is 29.8 Å². The zero-order valence-electron chi connectivity index (χ0n) is 22.8. The molecule has 0 spiro atoms. The Balaban J connectivity index is 1.31. The number of nitrogens with zero attached hydrogens (tertiary/aromatic N) is 1.